The maximum Gasteiger partial charge on any atom is 0.328 e. The second-order valence-corrected chi connectivity index (χ2v) is 6.67. The van der Waals surface area contributed by atoms with E-state index in [1.807, 2.05) is 0 Å². The van der Waals surface area contributed by atoms with Gasteiger partial charge in [-0.1, -0.05) is 24.6 Å². The molecule has 0 bridgehead atoms. The van der Waals surface area contributed by atoms with Gasteiger partial charge in [0, 0.05) is 36.5 Å². The van der Waals surface area contributed by atoms with Crippen molar-refractivity contribution in [3.8, 4) is 0 Å². The lowest BCUT2D eigenvalue weighted by atomic mass is 9.97. The van der Waals surface area contributed by atoms with Gasteiger partial charge in [0.15, 0.2) is 6.04 Å². The minimum absolute atomic E-state index is 0.0216. The summed E-state index contributed by atoms with van der Waals surface area (Å²) < 4.78 is 5.90. The number of nitrogens with zero attached hydrogens (tertiary/aromatic N) is 2. The molecule has 2 aliphatic heterocycles. The summed E-state index contributed by atoms with van der Waals surface area (Å²) in [7, 11) is 0. The Morgan fingerprint density at radius 2 is 2.08 bits per heavy atom. The molecule has 1 amide bonds. The molecule has 1 atom stereocenters. The Balaban J connectivity index is 1.92. The fourth-order valence-corrected chi connectivity index (χ4v) is 3.73. The van der Waals surface area contributed by atoms with Crippen LogP contribution in [0.4, 0.5) is 0 Å². The standard InChI is InChI=1S/C17H21ClN2O4/c1-2-19-8-6-17(7-9-19)20(14(11-24-17)16(22)23)15(21)12-4-3-5-13(18)10-12/h3-5,10,14H,2,6-9,11H2,1H3,(H,22,23)/t14-/m1/s1. The van der Waals surface area contributed by atoms with Gasteiger partial charge in [-0.25, -0.2) is 4.79 Å². The maximum atomic E-state index is 13.0. The summed E-state index contributed by atoms with van der Waals surface area (Å²) in [5, 5.41) is 9.98. The van der Waals surface area contributed by atoms with Gasteiger partial charge in [0.05, 0.1) is 6.61 Å². The van der Waals surface area contributed by atoms with E-state index >= 15 is 0 Å². The highest BCUT2D eigenvalue weighted by Gasteiger charge is 2.53. The smallest absolute Gasteiger partial charge is 0.328 e. The van der Waals surface area contributed by atoms with Crippen molar-refractivity contribution in [2.45, 2.75) is 31.5 Å². The summed E-state index contributed by atoms with van der Waals surface area (Å²) >= 11 is 5.98. The molecule has 1 aromatic rings. The van der Waals surface area contributed by atoms with E-state index in [1.54, 1.807) is 24.3 Å². The van der Waals surface area contributed by atoms with Crippen LogP contribution < -0.4 is 0 Å². The maximum absolute atomic E-state index is 13.0. The Hall–Kier alpha value is -1.63. The third-order valence-electron chi connectivity index (χ3n) is 4.92. The molecule has 1 spiro atoms. The van der Waals surface area contributed by atoms with Gasteiger partial charge in [0.1, 0.15) is 5.72 Å². The molecule has 2 fully saturated rings. The van der Waals surface area contributed by atoms with E-state index in [0.29, 0.717) is 23.4 Å². The second-order valence-electron chi connectivity index (χ2n) is 6.23. The van der Waals surface area contributed by atoms with Crippen LogP contribution in [0.2, 0.25) is 5.02 Å². The minimum Gasteiger partial charge on any atom is -0.480 e. The fourth-order valence-electron chi connectivity index (χ4n) is 3.53. The summed E-state index contributed by atoms with van der Waals surface area (Å²) in [4.78, 5) is 28.4. The topological polar surface area (TPSA) is 70.1 Å². The van der Waals surface area contributed by atoms with E-state index in [0.717, 1.165) is 19.6 Å². The summed E-state index contributed by atoms with van der Waals surface area (Å²) in [5.41, 5.74) is -0.453. The van der Waals surface area contributed by atoms with Crippen LogP contribution >= 0.6 is 11.6 Å². The molecule has 0 aromatic heterocycles. The quantitative estimate of drug-likeness (QED) is 0.901. The third kappa shape index (κ3) is 3.01. The number of ether oxygens (including phenoxy) is 1. The Bertz CT molecular complexity index is 643. The van der Waals surface area contributed by atoms with E-state index in [-0.39, 0.29) is 12.5 Å². The number of carbonyl (C=O) groups excluding carboxylic acids is 1. The molecular formula is C17H21ClN2O4. The van der Waals surface area contributed by atoms with Crippen LogP contribution in [0.1, 0.15) is 30.1 Å². The molecule has 0 aliphatic carbocycles. The number of amides is 1. The molecule has 3 rings (SSSR count). The summed E-state index contributed by atoms with van der Waals surface area (Å²) in [6.45, 7) is 4.60. The van der Waals surface area contributed by atoms with E-state index in [1.165, 1.54) is 4.90 Å². The number of aliphatic carboxylic acids is 1. The van der Waals surface area contributed by atoms with Crippen molar-refractivity contribution >= 4 is 23.5 Å². The van der Waals surface area contributed by atoms with Crippen molar-refractivity contribution < 1.29 is 19.4 Å². The molecule has 1 aromatic carbocycles. The van der Waals surface area contributed by atoms with Crippen molar-refractivity contribution in [1.29, 1.82) is 0 Å². The Kier molecular flexibility index (Phi) is 4.80. The van der Waals surface area contributed by atoms with Gasteiger partial charge < -0.3 is 14.7 Å². The molecule has 24 heavy (non-hydrogen) atoms. The van der Waals surface area contributed by atoms with Crippen LogP contribution in [0.5, 0.6) is 0 Å². The largest absolute Gasteiger partial charge is 0.480 e. The van der Waals surface area contributed by atoms with E-state index in [9.17, 15) is 14.7 Å². The number of carboxylic acids is 1. The van der Waals surface area contributed by atoms with Crippen LogP contribution in [0.25, 0.3) is 0 Å². The first-order chi connectivity index (χ1) is 11.5. The van der Waals surface area contributed by atoms with E-state index in [2.05, 4.69) is 11.8 Å². The molecule has 6 nitrogen and oxygen atoms in total. The number of piperidine rings is 1. The predicted molar refractivity (Wildman–Crippen MR) is 89.1 cm³/mol. The summed E-state index contributed by atoms with van der Waals surface area (Å²) in [6, 6.07) is 5.62. The van der Waals surface area contributed by atoms with Gasteiger partial charge in [-0.15, -0.1) is 0 Å². The van der Waals surface area contributed by atoms with Gasteiger partial charge in [0.2, 0.25) is 0 Å². The van der Waals surface area contributed by atoms with Gasteiger partial charge in [-0.05, 0) is 24.7 Å². The number of hydrogen-bond acceptors (Lipinski definition) is 4. The van der Waals surface area contributed by atoms with Gasteiger partial charge >= 0.3 is 5.97 Å². The molecule has 0 saturated carbocycles. The van der Waals surface area contributed by atoms with Gasteiger partial charge in [-0.3, -0.25) is 9.69 Å². The number of carbonyl (C=O) groups is 2. The molecule has 0 radical (unpaired) electrons. The highest BCUT2D eigenvalue weighted by atomic mass is 35.5. The van der Waals surface area contributed by atoms with Gasteiger partial charge in [-0.2, -0.15) is 0 Å². The molecule has 2 heterocycles. The normalized spacial score (nSPS) is 23.6. The van der Waals surface area contributed by atoms with E-state index < -0.39 is 17.7 Å². The van der Waals surface area contributed by atoms with Crippen LogP contribution in [0.3, 0.4) is 0 Å². The molecule has 2 aliphatic rings. The first kappa shape index (κ1) is 17.2. The lowest BCUT2D eigenvalue weighted by Gasteiger charge is -2.44. The second kappa shape index (κ2) is 6.70. The number of carboxylic acid groups (broad SMARTS) is 1. The molecule has 0 unspecified atom stereocenters. The molecule has 130 valence electrons. The first-order valence-electron chi connectivity index (χ1n) is 8.15. The number of hydrogen-bond donors (Lipinski definition) is 1. The highest BCUT2D eigenvalue weighted by molar-refractivity contribution is 6.31. The third-order valence-corrected chi connectivity index (χ3v) is 5.16. The van der Waals surface area contributed by atoms with Crippen LogP contribution in [0, 0.1) is 0 Å². The summed E-state index contributed by atoms with van der Waals surface area (Å²) in [5.74, 6) is -1.38. The van der Waals surface area contributed by atoms with Crippen LogP contribution in [-0.2, 0) is 9.53 Å². The molecule has 1 N–H and O–H groups in total. The fraction of sp³-hybridized carbons (Fsp3) is 0.529. The minimum atomic E-state index is -1.04. The number of rotatable bonds is 3. The monoisotopic (exact) mass is 352 g/mol. The van der Waals surface area contributed by atoms with Crippen molar-refractivity contribution in [3.63, 3.8) is 0 Å². The van der Waals surface area contributed by atoms with Crippen molar-refractivity contribution in [3.05, 3.63) is 34.9 Å². The predicted octanol–water partition coefficient (Wildman–Crippen LogP) is 2.08. The highest BCUT2D eigenvalue weighted by Crippen LogP contribution is 2.38. The zero-order valence-corrected chi connectivity index (χ0v) is 14.3. The Labute approximate surface area is 145 Å². The summed E-state index contributed by atoms with van der Waals surface area (Å²) in [6.07, 6.45) is 1.22. The van der Waals surface area contributed by atoms with Crippen molar-refractivity contribution in [1.82, 2.24) is 9.80 Å². The lowest BCUT2D eigenvalue weighted by molar-refractivity contribution is -0.143. The Morgan fingerprint density at radius 3 is 2.67 bits per heavy atom. The number of benzene rings is 1. The van der Waals surface area contributed by atoms with E-state index in [4.69, 9.17) is 16.3 Å². The zero-order chi connectivity index (χ0) is 17.3. The SMILES string of the molecule is CCN1CCC2(CC1)OC[C@H](C(=O)O)N2C(=O)c1cccc(Cl)c1. The van der Waals surface area contributed by atoms with Crippen molar-refractivity contribution in [2.24, 2.45) is 0 Å². The lowest BCUT2D eigenvalue weighted by Crippen LogP contribution is -2.58. The Morgan fingerprint density at radius 1 is 1.38 bits per heavy atom. The average molecular weight is 353 g/mol. The molecule has 2 saturated heterocycles. The van der Waals surface area contributed by atoms with Crippen molar-refractivity contribution in [2.75, 3.05) is 26.2 Å². The first-order valence-corrected chi connectivity index (χ1v) is 8.53. The van der Waals surface area contributed by atoms with Crippen LogP contribution in [-0.4, -0.2) is 64.8 Å². The molecular weight excluding hydrogens is 332 g/mol. The molecule has 7 heteroatoms. The van der Waals surface area contributed by atoms with Crippen LogP contribution in [0.15, 0.2) is 24.3 Å². The zero-order valence-electron chi connectivity index (χ0n) is 13.6. The number of likely N-dealkylation sites (tertiary alicyclic amines) is 1. The van der Waals surface area contributed by atoms with Gasteiger partial charge in [0.25, 0.3) is 5.91 Å². The number of halogens is 1. The average Bonchev–Trinajstić information content (AvgIpc) is 2.94.